The number of amides is 1. The normalized spacial score (nSPS) is 28.8. The average molecular weight is 437 g/mol. The molecule has 1 aliphatic carbocycles. The molecule has 0 fully saturated rings. The zero-order valence-corrected chi connectivity index (χ0v) is 17.0. The highest BCUT2D eigenvalue weighted by atomic mass is 79.9. The molecule has 3 heterocycles. The number of carbonyl (C=O) groups is 1. The van der Waals surface area contributed by atoms with Crippen molar-refractivity contribution in [3.63, 3.8) is 0 Å². The highest BCUT2D eigenvalue weighted by molar-refractivity contribution is 9.10. The fourth-order valence-corrected chi connectivity index (χ4v) is 3.66. The first-order valence-electron chi connectivity index (χ1n) is 8.73. The second kappa shape index (κ2) is 7.42. The van der Waals surface area contributed by atoms with Crippen molar-refractivity contribution in [3.05, 3.63) is 46.5 Å². The third kappa shape index (κ3) is 3.76. The average Bonchev–Trinajstić information content (AvgIpc) is 2.83. The molecule has 8 heteroatoms. The molecular weight excluding hydrogens is 415 g/mol. The fourth-order valence-electron chi connectivity index (χ4n) is 3.33. The van der Waals surface area contributed by atoms with Crippen LogP contribution >= 0.6 is 15.9 Å². The van der Waals surface area contributed by atoms with Gasteiger partial charge in [0, 0.05) is 19.0 Å². The smallest absolute Gasteiger partial charge is 0.261 e. The molecule has 27 heavy (non-hydrogen) atoms. The maximum Gasteiger partial charge on any atom is 0.261 e. The summed E-state index contributed by atoms with van der Waals surface area (Å²) in [6.07, 6.45) is 7.83. The third-order valence-electron chi connectivity index (χ3n) is 4.77. The molecule has 6 nitrogen and oxygen atoms in total. The van der Waals surface area contributed by atoms with E-state index in [-0.39, 0.29) is 23.8 Å². The van der Waals surface area contributed by atoms with Crippen LogP contribution in [0.1, 0.15) is 32.3 Å². The molecule has 3 aliphatic rings. The lowest BCUT2D eigenvalue weighted by Crippen LogP contribution is -2.45. The number of nitrogens with zero attached hydrogens (tertiary/aromatic N) is 3. The Balaban J connectivity index is 0.000000221. The maximum absolute atomic E-state index is 12.6. The van der Waals surface area contributed by atoms with Gasteiger partial charge in [0.15, 0.2) is 11.5 Å². The van der Waals surface area contributed by atoms with Gasteiger partial charge >= 0.3 is 0 Å². The molecule has 4 rings (SSSR count). The third-order valence-corrected chi connectivity index (χ3v) is 5.20. The Morgan fingerprint density at radius 3 is 2.74 bits per heavy atom. The Hall–Kier alpha value is -2.22. The number of hydrogen-bond acceptors (Lipinski definition) is 5. The molecule has 0 saturated heterocycles. The number of nitrogens with two attached hydrogens (primary N) is 1. The Kier molecular flexibility index (Phi) is 5.37. The van der Waals surface area contributed by atoms with Crippen LogP contribution in [-0.2, 0) is 10.3 Å². The molecule has 1 spiro atoms. The molecule has 2 N–H and O–H groups in total. The number of rotatable bonds is 0. The summed E-state index contributed by atoms with van der Waals surface area (Å²) < 4.78 is 18.5. The molecule has 2 aliphatic heterocycles. The van der Waals surface area contributed by atoms with Crippen LogP contribution in [0.2, 0.25) is 0 Å². The standard InChI is InChI=1S/C12H13BrN4O2.C7H9F/c1-6-4-12(10(18)17(2)11(14)16-12)7-3-9(13)15-5-8(7)19-6;1-6-2-4-7(8)5-3-6/h3,5-6H,4H2,1-2H3,(H2,14,16);2,4-6H,3H2,1H3. The molecule has 3 atom stereocenters. The summed E-state index contributed by atoms with van der Waals surface area (Å²) in [6, 6.07) is 1.77. The van der Waals surface area contributed by atoms with Crippen molar-refractivity contribution in [2.24, 2.45) is 16.6 Å². The van der Waals surface area contributed by atoms with Gasteiger partial charge < -0.3 is 10.5 Å². The van der Waals surface area contributed by atoms with E-state index in [4.69, 9.17) is 10.5 Å². The van der Waals surface area contributed by atoms with Crippen LogP contribution in [0.4, 0.5) is 4.39 Å². The minimum absolute atomic E-state index is 0.0944. The van der Waals surface area contributed by atoms with Crippen molar-refractivity contribution in [1.29, 1.82) is 0 Å². The van der Waals surface area contributed by atoms with Crippen LogP contribution in [0, 0.1) is 5.92 Å². The van der Waals surface area contributed by atoms with Crippen LogP contribution in [0.15, 0.2) is 45.9 Å². The Labute approximate surface area is 166 Å². The summed E-state index contributed by atoms with van der Waals surface area (Å²) >= 11 is 3.31. The minimum Gasteiger partial charge on any atom is -0.489 e. The van der Waals surface area contributed by atoms with E-state index in [0.29, 0.717) is 28.3 Å². The van der Waals surface area contributed by atoms with Crippen LogP contribution < -0.4 is 10.5 Å². The van der Waals surface area contributed by atoms with E-state index < -0.39 is 5.54 Å². The van der Waals surface area contributed by atoms with Crippen molar-refractivity contribution in [1.82, 2.24) is 9.88 Å². The summed E-state index contributed by atoms with van der Waals surface area (Å²) in [5.41, 5.74) is 5.54. The molecule has 1 aromatic heterocycles. The van der Waals surface area contributed by atoms with Crippen LogP contribution in [-0.4, -0.2) is 34.9 Å². The fraction of sp³-hybridized carbons (Fsp3) is 0.421. The van der Waals surface area contributed by atoms with E-state index >= 15 is 0 Å². The predicted molar refractivity (Wildman–Crippen MR) is 105 cm³/mol. The van der Waals surface area contributed by atoms with Gasteiger partial charge in [-0.25, -0.2) is 14.4 Å². The first kappa shape index (κ1) is 19.5. The van der Waals surface area contributed by atoms with E-state index in [9.17, 15) is 9.18 Å². The van der Waals surface area contributed by atoms with Gasteiger partial charge in [-0.2, -0.15) is 0 Å². The number of aromatic nitrogens is 1. The molecule has 0 aromatic carbocycles. The number of halogens is 2. The topological polar surface area (TPSA) is 80.8 Å². The highest BCUT2D eigenvalue weighted by Gasteiger charge is 2.52. The number of pyridine rings is 1. The second-order valence-corrected chi connectivity index (χ2v) is 7.80. The summed E-state index contributed by atoms with van der Waals surface area (Å²) in [6.45, 7) is 3.98. The quantitative estimate of drug-likeness (QED) is 0.631. The summed E-state index contributed by atoms with van der Waals surface area (Å²) in [5, 5.41) is 0. The van der Waals surface area contributed by atoms with E-state index in [1.54, 1.807) is 25.4 Å². The van der Waals surface area contributed by atoms with Crippen molar-refractivity contribution < 1.29 is 13.9 Å². The van der Waals surface area contributed by atoms with E-state index in [1.807, 2.05) is 13.0 Å². The molecule has 0 bridgehead atoms. The number of guanidine groups is 1. The number of hydrogen-bond donors (Lipinski definition) is 1. The van der Waals surface area contributed by atoms with E-state index in [2.05, 4.69) is 32.8 Å². The molecule has 1 amide bonds. The molecule has 1 aromatic rings. The molecule has 0 saturated carbocycles. The molecule has 3 unspecified atom stereocenters. The number of aliphatic imine (C=N–C) groups is 1. The Bertz CT molecular complexity index is 854. The minimum atomic E-state index is -0.975. The Morgan fingerprint density at radius 2 is 2.19 bits per heavy atom. The van der Waals surface area contributed by atoms with E-state index in [0.717, 1.165) is 6.42 Å². The van der Waals surface area contributed by atoms with Crippen molar-refractivity contribution in [2.75, 3.05) is 7.05 Å². The van der Waals surface area contributed by atoms with Gasteiger partial charge in [0.1, 0.15) is 16.2 Å². The van der Waals surface area contributed by atoms with Gasteiger partial charge in [-0.05, 0) is 53.4 Å². The van der Waals surface area contributed by atoms with Crippen molar-refractivity contribution >= 4 is 27.8 Å². The number of likely N-dealkylation sites (N-methyl/N-ethyl adjacent to an activating group) is 1. The lowest BCUT2D eigenvalue weighted by Gasteiger charge is -2.34. The number of carbonyl (C=O) groups excluding carboxylic acids is 1. The molecule has 0 radical (unpaired) electrons. The Morgan fingerprint density at radius 1 is 1.44 bits per heavy atom. The van der Waals surface area contributed by atoms with E-state index in [1.165, 1.54) is 11.0 Å². The molecule has 144 valence electrons. The summed E-state index contributed by atoms with van der Waals surface area (Å²) in [7, 11) is 1.63. The predicted octanol–water partition coefficient (Wildman–Crippen LogP) is 3.43. The van der Waals surface area contributed by atoms with Crippen molar-refractivity contribution in [3.8, 4) is 5.75 Å². The summed E-state index contributed by atoms with van der Waals surface area (Å²) in [4.78, 5) is 22.5. The van der Waals surface area contributed by atoms with Crippen LogP contribution in [0.3, 0.4) is 0 Å². The monoisotopic (exact) mass is 436 g/mol. The SMILES string of the molecule is CC1C=CC(F)=CC1.CC1CC2(N=C(N)N(C)C2=O)c2cc(Br)ncc2O1. The summed E-state index contributed by atoms with van der Waals surface area (Å²) in [5.74, 6) is 1.12. The van der Waals surface area contributed by atoms with Gasteiger partial charge in [0.25, 0.3) is 5.91 Å². The van der Waals surface area contributed by atoms with Crippen LogP contribution in [0.5, 0.6) is 5.75 Å². The second-order valence-electron chi connectivity index (χ2n) is 6.99. The zero-order valence-electron chi connectivity index (χ0n) is 15.4. The number of fused-ring (bicyclic) bond motifs is 2. The lowest BCUT2D eigenvalue weighted by molar-refractivity contribution is -0.132. The molecular formula is C19H22BrFN4O2. The van der Waals surface area contributed by atoms with Crippen molar-refractivity contribution in [2.45, 2.75) is 38.3 Å². The first-order valence-corrected chi connectivity index (χ1v) is 9.52. The van der Waals surface area contributed by atoms with Gasteiger partial charge in [0.2, 0.25) is 0 Å². The van der Waals surface area contributed by atoms with Gasteiger partial charge in [0.05, 0.1) is 12.3 Å². The highest BCUT2D eigenvalue weighted by Crippen LogP contribution is 2.45. The lowest BCUT2D eigenvalue weighted by atomic mass is 9.83. The largest absolute Gasteiger partial charge is 0.489 e. The number of allylic oxidation sites excluding steroid dienone is 4. The van der Waals surface area contributed by atoms with Gasteiger partial charge in [-0.1, -0.05) is 13.0 Å². The first-order chi connectivity index (χ1) is 12.7. The number of ether oxygens (including phenoxy) is 1. The van der Waals surface area contributed by atoms with Crippen LogP contribution in [0.25, 0.3) is 0 Å². The van der Waals surface area contributed by atoms with Gasteiger partial charge in [-0.3, -0.25) is 9.69 Å². The zero-order chi connectivity index (χ0) is 19.8. The van der Waals surface area contributed by atoms with Gasteiger partial charge in [-0.15, -0.1) is 0 Å². The maximum atomic E-state index is 12.6.